The SMILES string of the molecule is Cc1c(C2C=Cc3ccccc32)cccc1P(c1ccccc1)c1ccccc1.[Ni]. The number of benzene rings is 4. The van der Waals surface area contributed by atoms with Crippen molar-refractivity contribution in [1.29, 1.82) is 0 Å². The van der Waals surface area contributed by atoms with E-state index in [1.54, 1.807) is 0 Å². The zero-order valence-electron chi connectivity index (χ0n) is 16.8. The van der Waals surface area contributed by atoms with Crippen LogP contribution in [0, 0.1) is 6.92 Å². The third-order valence-electron chi connectivity index (χ3n) is 5.75. The molecule has 5 rings (SSSR count). The summed E-state index contributed by atoms with van der Waals surface area (Å²) in [4.78, 5) is 0. The van der Waals surface area contributed by atoms with E-state index < -0.39 is 7.92 Å². The van der Waals surface area contributed by atoms with E-state index >= 15 is 0 Å². The molecule has 1 aliphatic rings. The molecule has 0 amide bonds. The van der Waals surface area contributed by atoms with Gasteiger partial charge in [-0.15, -0.1) is 0 Å². The van der Waals surface area contributed by atoms with Crippen molar-refractivity contribution in [3.05, 3.63) is 131 Å². The maximum atomic E-state index is 2.35. The Labute approximate surface area is 190 Å². The molecule has 0 nitrogen and oxygen atoms in total. The molecule has 0 saturated heterocycles. The van der Waals surface area contributed by atoms with Crippen molar-refractivity contribution >= 4 is 29.9 Å². The summed E-state index contributed by atoms with van der Waals surface area (Å²) in [6.07, 6.45) is 4.62. The van der Waals surface area contributed by atoms with E-state index in [0.29, 0.717) is 5.92 Å². The van der Waals surface area contributed by atoms with Crippen LogP contribution in [0.4, 0.5) is 0 Å². The van der Waals surface area contributed by atoms with Gasteiger partial charge in [0.2, 0.25) is 0 Å². The van der Waals surface area contributed by atoms with Crippen molar-refractivity contribution in [3.8, 4) is 0 Å². The first kappa shape index (κ1) is 20.8. The second kappa shape index (κ2) is 9.13. The molecule has 0 heterocycles. The Balaban J connectivity index is 0.00000218. The van der Waals surface area contributed by atoms with Gasteiger partial charge >= 0.3 is 0 Å². The molecule has 0 aliphatic heterocycles. The molecule has 1 unspecified atom stereocenters. The first-order chi connectivity index (χ1) is 14.3. The van der Waals surface area contributed by atoms with Gasteiger partial charge in [0.05, 0.1) is 0 Å². The summed E-state index contributed by atoms with van der Waals surface area (Å²) in [7, 11) is -0.589. The Kier molecular flexibility index (Phi) is 6.33. The Morgan fingerprint density at radius 1 is 0.600 bits per heavy atom. The van der Waals surface area contributed by atoms with Crippen LogP contribution in [0.15, 0.2) is 109 Å². The van der Waals surface area contributed by atoms with Crippen LogP contribution in [-0.4, -0.2) is 0 Å². The predicted octanol–water partition coefficient (Wildman–Crippen LogP) is 5.91. The average Bonchev–Trinajstić information content (AvgIpc) is 3.21. The van der Waals surface area contributed by atoms with Crippen LogP contribution in [0.25, 0.3) is 6.08 Å². The maximum absolute atomic E-state index is 2.35. The number of allylic oxidation sites excluding steroid dienone is 1. The van der Waals surface area contributed by atoms with E-state index in [2.05, 4.69) is 122 Å². The topological polar surface area (TPSA) is 0 Å². The van der Waals surface area contributed by atoms with E-state index in [1.165, 1.54) is 38.2 Å². The fourth-order valence-electron chi connectivity index (χ4n) is 4.32. The van der Waals surface area contributed by atoms with Crippen LogP contribution in [0.1, 0.15) is 28.2 Å². The number of rotatable bonds is 4. The fraction of sp³-hybridized carbons (Fsp3) is 0.0714. The summed E-state index contributed by atoms with van der Waals surface area (Å²) < 4.78 is 0. The summed E-state index contributed by atoms with van der Waals surface area (Å²) in [5, 5.41) is 4.25. The standard InChI is InChI=1S/C28H23P.Ni/c1-21-25(27-20-19-22-11-8-9-16-26(22)27)17-10-18-28(21)29(23-12-4-2-5-13-23)24-14-6-3-7-15-24;/h2-20,27H,1H3;. The molecule has 0 spiro atoms. The number of hydrogen-bond acceptors (Lipinski definition) is 0. The third kappa shape index (κ3) is 3.81. The van der Waals surface area contributed by atoms with Crippen molar-refractivity contribution < 1.29 is 16.5 Å². The first-order valence-electron chi connectivity index (χ1n) is 10.1. The molecule has 0 fully saturated rings. The summed E-state index contributed by atoms with van der Waals surface area (Å²) in [5.41, 5.74) is 5.59. The van der Waals surface area contributed by atoms with Gasteiger partial charge < -0.3 is 0 Å². The first-order valence-corrected chi connectivity index (χ1v) is 11.4. The van der Waals surface area contributed by atoms with Gasteiger partial charge in [-0.3, -0.25) is 0 Å². The normalized spacial score (nSPS) is 14.4. The zero-order valence-corrected chi connectivity index (χ0v) is 18.7. The van der Waals surface area contributed by atoms with Gasteiger partial charge in [0, 0.05) is 22.4 Å². The van der Waals surface area contributed by atoms with Crippen LogP contribution >= 0.6 is 7.92 Å². The minimum atomic E-state index is -0.589. The summed E-state index contributed by atoms with van der Waals surface area (Å²) in [5.74, 6) is 0.342. The van der Waals surface area contributed by atoms with E-state index in [-0.39, 0.29) is 16.5 Å². The van der Waals surface area contributed by atoms with E-state index in [0.717, 1.165) is 0 Å². The van der Waals surface area contributed by atoms with Gasteiger partial charge in [-0.25, -0.2) is 0 Å². The molecule has 30 heavy (non-hydrogen) atoms. The monoisotopic (exact) mass is 448 g/mol. The molecular formula is C28H23NiP. The van der Waals surface area contributed by atoms with Gasteiger partial charge in [-0.1, -0.05) is 115 Å². The van der Waals surface area contributed by atoms with Gasteiger partial charge in [-0.05, 0) is 53.0 Å². The van der Waals surface area contributed by atoms with E-state index in [9.17, 15) is 0 Å². The Bertz CT molecular complexity index is 1130. The second-order valence-electron chi connectivity index (χ2n) is 7.46. The second-order valence-corrected chi connectivity index (χ2v) is 9.65. The summed E-state index contributed by atoms with van der Waals surface area (Å²) >= 11 is 0. The molecule has 0 bridgehead atoms. The summed E-state index contributed by atoms with van der Waals surface area (Å²) in [6.45, 7) is 2.31. The smallest absolute Gasteiger partial charge is 0.0281 e. The third-order valence-corrected chi connectivity index (χ3v) is 8.35. The van der Waals surface area contributed by atoms with Crippen LogP contribution in [0.5, 0.6) is 0 Å². The Morgan fingerprint density at radius 3 is 1.83 bits per heavy atom. The minimum absolute atomic E-state index is 0. The Morgan fingerprint density at radius 2 is 1.17 bits per heavy atom. The minimum Gasteiger partial charge on any atom is -0.0720 e. The van der Waals surface area contributed by atoms with Crippen molar-refractivity contribution in [2.45, 2.75) is 12.8 Å². The molecular weight excluding hydrogens is 426 g/mol. The molecule has 2 heteroatoms. The molecule has 4 aromatic rings. The van der Waals surface area contributed by atoms with Crippen molar-refractivity contribution in [1.82, 2.24) is 0 Å². The van der Waals surface area contributed by atoms with Crippen LogP contribution in [0.2, 0.25) is 0 Å². The van der Waals surface area contributed by atoms with E-state index in [1.807, 2.05) is 0 Å². The maximum Gasteiger partial charge on any atom is 0.0281 e. The van der Waals surface area contributed by atoms with Gasteiger partial charge in [0.15, 0.2) is 0 Å². The van der Waals surface area contributed by atoms with Crippen molar-refractivity contribution in [3.63, 3.8) is 0 Å². The molecule has 1 atom stereocenters. The van der Waals surface area contributed by atoms with Gasteiger partial charge in [0.25, 0.3) is 0 Å². The fourth-order valence-corrected chi connectivity index (χ4v) is 6.82. The number of fused-ring (bicyclic) bond motifs is 1. The number of hydrogen-bond donors (Lipinski definition) is 0. The molecule has 0 N–H and O–H groups in total. The van der Waals surface area contributed by atoms with Crippen molar-refractivity contribution in [2.75, 3.05) is 0 Å². The molecule has 0 radical (unpaired) electrons. The zero-order chi connectivity index (χ0) is 19.6. The van der Waals surface area contributed by atoms with Crippen LogP contribution in [0.3, 0.4) is 0 Å². The molecule has 1 aliphatic carbocycles. The van der Waals surface area contributed by atoms with Crippen LogP contribution < -0.4 is 15.9 Å². The summed E-state index contributed by atoms with van der Waals surface area (Å²) in [6, 6.07) is 37.6. The quantitative estimate of drug-likeness (QED) is 0.269. The van der Waals surface area contributed by atoms with Gasteiger partial charge in [0.1, 0.15) is 0 Å². The Hall–Kier alpha value is -2.46. The molecule has 0 saturated carbocycles. The van der Waals surface area contributed by atoms with Crippen molar-refractivity contribution in [2.24, 2.45) is 0 Å². The molecule has 4 aromatic carbocycles. The predicted molar refractivity (Wildman–Crippen MR) is 127 cm³/mol. The molecule has 0 aromatic heterocycles. The molecule has 150 valence electrons. The van der Waals surface area contributed by atoms with Gasteiger partial charge in [-0.2, -0.15) is 0 Å². The van der Waals surface area contributed by atoms with Crippen LogP contribution in [-0.2, 0) is 16.5 Å². The van der Waals surface area contributed by atoms with E-state index in [4.69, 9.17) is 0 Å². The average molecular weight is 449 g/mol. The largest absolute Gasteiger partial charge is 0.0720 e.